The minimum Gasteiger partial charge on any atom is -0.454 e. The molecule has 0 spiro atoms. The average Bonchev–Trinajstić information content (AvgIpc) is 3.31. The van der Waals surface area contributed by atoms with Crippen molar-refractivity contribution in [2.45, 2.75) is 0 Å². The molecule has 1 aliphatic heterocycles. The molecule has 0 radical (unpaired) electrons. The van der Waals surface area contributed by atoms with Crippen molar-refractivity contribution >= 4 is 10.9 Å². The summed E-state index contributed by atoms with van der Waals surface area (Å²) in [6.45, 7) is 0.279. The Morgan fingerprint density at radius 1 is 0.917 bits per heavy atom. The summed E-state index contributed by atoms with van der Waals surface area (Å²) < 4.78 is 12.8. The first-order valence-corrected chi connectivity index (χ1v) is 7.66. The van der Waals surface area contributed by atoms with Crippen LogP contribution in [0.2, 0.25) is 0 Å². The molecule has 0 bridgehead atoms. The molecule has 24 heavy (non-hydrogen) atoms. The van der Waals surface area contributed by atoms with E-state index in [-0.39, 0.29) is 6.79 Å². The third kappa shape index (κ3) is 2.10. The molecule has 5 heteroatoms. The van der Waals surface area contributed by atoms with Crippen LogP contribution in [0.25, 0.3) is 27.8 Å². The van der Waals surface area contributed by atoms with E-state index in [0.717, 1.165) is 39.3 Å². The standard InChI is InChI=1S/C19H13N3O2/c1-4-16(14-2-6-18-19(10-14)24-12-23-18)21-17-5-3-15(9-13(1)17)22-8-7-20-11-22/h1-11H,12H2. The first kappa shape index (κ1) is 13.1. The Labute approximate surface area is 138 Å². The predicted molar refractivity (Wildman–Crippen MR) is 90.4 cm³/mol. The second kappa shape index (κ2) is 5.09. The van der Waals surface area contributed by atoms with E-state index in [9.17, 15) is 0 Å². The summed E-state index contributed by atoms with van der Waals surface area (Å²) in [4.78, 5) is 8.86. The average molecular weight is 315 g/mol. The summed E-state index contributed by atoms with van der Waals surface area (Å²) in [5.41, 5.74) is 3.95. The molecular weight excluding hydrogens is 302 g/mol. The van der Waals surface area contributed by atoms with Crippen LogP contribution in [0.15, 0.2) is 67.3 Å². The van der Waals surface area contributed by atoms with Crippen molar-refractivity contribution in [2.24, 2.45) is 0 Å². The van der Waals surface area contributed by atoms with Gasteiger partial charge < -0.3 is 14.0 Å². The lowest BCUT2D eigenvalue weighted by atomic mass is 10.1. The molecule has 1 aliphatic rings. The third-order valence-electron chi connectivity index (χ3n) is 4.14. The van der Waals surface area contributed by atoms with E-state index in [1.54, 1.807) is 12.5 Å². The molecule has 0 amide bonds. The van der Waals surface area contributed by atoms with E-state index in [0.29, 0.717) is 0 Å². The van der Waals surface area contributed by atoms with Crippen LogP contribution >= 0.6 is 0 Å². The first-order valence-electron chi connectivity index (χ1n) is 7.66. The molecule has 0 N–H and O–H groups in total. The van der Waals surface area contributed by atoms with Gasteiger partial charge in [0.1, 0.15) is 0 Å². The van der Waals surface area contributed by atoms with Crippen molar-refractivity contribution in [2.75, 3.05) is 6.79 Å². The van der Waals surface area contributed by atoms with E-state index in [1.807, 2.05) is 47.2 Å². The van der Waals surface area contributed by atoms with Crippen molar-refractivity contribution in [1.29, 1.82) is 0 Å². The Balaban J connectivity index is 1.57. The molecule has 116 valence electrons. The van der Waals surface area contributed by atoms with Crippen LogP contribution in [0.1, 0.15) is 0 Å². The maximum atomic E-state index is 5.45. The van der Waals surface area contributed by atoms with Crippen LogP contribution in [0, 0.1) is 0 Å². The highest BCUT2D eigenvalue weighted by atomic mass is 16.7. The van der Waals surface area contributed by atoms with Gasteiger partial charge in [-0.3, -0.25) is 0 Å². The van der Waals surface area contributed by atoms with Gasteiger partial charge >= 0.3 is 0 Å². The number of hydrogen-bond donors (Lipinski definition) is 0. The number of nitrogens with zero attached hydrogens (tertiary/aromatic N) is 3. The van der Waals surface area contributed by atoms with Crippen molar-refractivity contribution in [1.82, 2.24) is 14.5 Å². The zero-order chi connectivity index (χ0) is 15.9. The molecular formula is C19H13N3O2. The van der Waals surface area contributed by atoms with Crippen LogP contribution < -0.4 is 9.47 Å². The zero-order valence-electron chi connectivity index (χ0n) is 12.7. The smallest absolute Gasteiger partial charge is 0.231 e. The van der Waals surface area contributed by atoms with E-state index in [2.05, 4.69) is 17.1 Å². The fourth-order valence-corrected chi connectivity index (χ4v) is 2.90. The quantitative estimate of drug-likeness (QED) is 0.564. The van der Waals surface area contributed by atoms with Crippen LogP contribution in [0.3, 0.4) is 0 Å². The summed E-state index contributed by atoms with van der Waals surface area (Å²) >= 11 is 0. The Hall–Kier alpha value is -3.34. The third-order valence-corrected chi connectivity index (χ3v) is 4.14. The van der Waals surface area contributed by atoms with E-state index in [4.69, 9.17) is 14.5 Å². The monoisotopic (exact) mass is 315 g/mol. The fourth-order valence-electron chi connectivity index (χ4n) is 2.90. The number of hydrogen-bond acceptors (Lipinski definition) is 4. The molecule has 5 nitrogen and oxygen atoms in total. The number of benzene rings is 2. The minimum absolute atomic E-state index is 0.279. The van der Waals surface area contributed by atoms with Crippen molar-refractivity contribution in [3.63, 3.8) is 0 Å². The minimum atomic E-state index is 0.279. The zero-order valence-corrected chi connectivity index (χ0v) is 12.7. The highest BCUT2D eigenvalue weighted by Crippen LogP contribution is 2.35. The summed E-state index contributed by atoms with van der Waals surface area (Å²) in [5, 5.41) is 1.09. The largest absolute Gasteiger partial charge is 0.454 e. The SMILES string of the molecule is c1cn(-c2ccc3nc(-c4ccc5c(c4)OCO5)ccc3c2)cn1. The van der Waals surface area contributed by atoms with Crippen molar-refractivity contribution in [3.8, 4) is 28.4 Å². The van der Waals surface area contributed by atoms with Gasteiger partial charge in [0.2, 0.25) is 6.79 Å². The second-order valence-electron chi connectivity index (χ2n) is 5.61. The number of ether oxygens (including phenoxy) is 2. The van der Waals surface area contributed by atoms with Crippen molar-refractivity contribution < 1.29 is 9.47 Å². The molecule has 0 saturated heterocycles. The topological polar surface area (TPSA) is 49.2 Å². The van der Waals surface area contributed by atoms with Crippen LogP contribution in [0.5, 0.6) is 11.5 Å². The van der Waals surface area contributed by atoms with E-state index < -0.39 is 0 Å². The van der Waals surface area contributed by atoms with Crippen molar-refractivity contribution in [3.05, 3.63) is 67.3 Å². The van der Waals surface area contributed by atoms with Gasteiger partial charge in [-0.25, -0.2) is 9.97 Å². The molecule has 0 atom stereocenters. The Kier molecular flexibility index (Phi) is 2.79. The van der Waals surface area contributed by atoms with Gasteiger partial charge in [-0.05, 0) is 42.5 Å². The highest BCUT2D eigenvalue weighted by Gasteiger charge is 2.14. The number of aromatic nitrogens is 3. The van der Waals surface area contributed by atoms with Crippen LogP contribution in [-0.4, -0.2) is 21.3 Å². The van der Waals surface area contributed by atoms with Crippen LogP contribution in [-0.2, 0) is 0 Å². The highest BCUT2D eigenvalue weighted by molar-refractivity contribution is 5.83. The fraction of sp³-hybridized carbons (Fsp3) is 0.0526. The number of fused-ring (bicyclic) bond motifs is 2. The lowest BCUT2D eigenvalue weighted by Crippen LogP contribution is -1.93. The molecule has 2 aromatic heterocycles. The summed E-state index contributed by atoms with van der Waals surface area (Å²) in [6, 6.07) is 16.2. The van der Waals surface area contributed by atoms with Crippen LogP contribution in [0.4, 0.5) is 0 Å². The maximum Gasteiger partial charge on any atom is 0.231 e. The second-order valence-corrected chi connectivity index (χ2v) is 5.61. The van der Waals surface area contributed by atoms with Gasteiger partial charge in [0.05, 0.1) is 17.5 Å². The lowest BCUT2D eigenvalue weighted by Gasteiger charge is -2.07. The molecule has 4 aromatic rings. The van der Waals surface area contributed by atoms with Gasteiger partial charge in [-0.15, -0.1) is 0 Å². The molecule has 3 heterocycles. The molecule has 0 unspecified atom stereocenters. The normalized spacial score (nSPS) is 12.7. The molecule has 0 fully saturated rings. The van der Waals surface area contributed by atoms with Gasteiger partial charge in [0, 0.05) is 29.0 Å². The van der Waals surface area contributed by atoms with Gasteiger partial charge in [-0.2, -0.15) is 0 Å². The maximum absolute atomic E-state index is 5.45. The number of pyridine rings is 1. The van der Waals surface area contributed by atoms with Gasteiger partial charge in [-0.1, -0.05) is 6.07 Å². The van der Waals surface area contributed by atoms with E-state index >= 15 is 0 Å². The molecule has 2 aromatic carbocycles. The number of imidazole rings is 1. The van der Waals surface area contributed by atoms with Gasteiger partial charge in [0.15, 0.2) is 11.5 Å². The summed E-state index contributed by atoms with van der Waals surface area (Å²) in [5.74, 6) is 1.55. The summed E-state index contributed by atoms with van der Waals surface area (Å²) in [6.07, 6.45) is 5.48. The first-order chi connectivity index (χ1) is 11.9. The van der Waals surface area contributed by atoms with Gasteiger partial charge in [0.25, 0.3) is 0 Å². The van der Waals surface area contributed by atoms with E-state index in [1.165, 1.54) is 0 Å². The lowest BCUT2D eigenvalue weighted by molar-refractivity contribution is 0.174. The molecule has 0 saturated carbocycles. The predicted octanol–water partition coefficient (Wildman–Crippen LogP) is 3.82. The number of rotatable bonds is 2. The molecule has 0 aliphatic carbocycles. The Morgan fingerprint density at radius 2 is 1.88 bits per heavy atom. The molecule has 5 rings (SSSR count). The Bertz CT molecular complexity index is 1040. The Morgan fingerprint density at radius 3 is 2.79 bits per heavy atom. The summed E-state index contributed by atoms with van der Waals surface area (Å²) in [7, 11) is 0.